The monoisotopic (exact) mass is 316 g/mol. The van der Waals surface area contributed by atoms with Crippen LogP contribution in [-0.4, -0.2) is 9.78 Å². The molecule has 24 heavy (non-hydrogen) atoms. The molecule has 0 radical (unpaired) electrons. The fourth-order valence-electron chi connectivity index (χ4n) is 3.87. The molecule has 2 heteroatoms. The van der Waals surface area contributed by atoms with Crippen LogP contribution < -0.4 is 0 Å². The van der Waals surface area contributed by atoms with Crippen LogP contribution >= 0.6 is 0 Å². The number of nitrogens with zero attached hydrogens (tertiary/aromatic N) is 2. The van der Waals surface area contributed by atoms with Crippen molar-refractivity contribution in [3.8, 4) is 22.4 Å². The van der Waals surface area contributed by atoms with Crippen molar-refractivity contribution in [1.29, 1.82) is 0 Å². The lowest BCUT2D eigenvalue weighted by Gasteiger charge is -2.22. The Balaban J connectivity index is 1.75. The van der Waals surface area contributed by atoms with Gasteiger partial charge in [0.05, 0.1) is 11.9 Å². The van der Waals surface area contributed by atoms with Gasteiger partial charge in [-0.3, -0.25) is 4.68 Å². The van der Waals surface area contributed by atoms with Crippen molar-refractivity contribution in [2.45, 2.75) is 38.6 Å². The Bertz CT molecular complexity index is 768. The summed E-state index contributed by atoms with van der Waals surface area (Å²) in [5.41, 5.74) is 4.99. The molecule has 0 amide bonds. The quantitative estimate of drug-likeness (QED) is 0.595. The van der Waals surface area contributed by atoms with Crippen molar-refractivity contribution < 1.29 is 0 Å². The third-order valence-corrected chi connectivity index (χ3v) is 5.13. The molecular weight excluding hydrogens is 292 g/mol. The SMILES string of the molecule is c1ccc(-c2cnn(CC3CCCCC3)c2-c2ccccc2)cc1. The minimum atomic E-state index is 0.768. The molecule has 0 bridgehead atoms. The highest BCUT2D eigenvalue weighted by molar-refractivity contribution is 5.80. The molecule has 2 nitrogen and oxygen atoms in total. The zero-order chi connectivity index (χ0) is 16.2. The van der Waals surface area contributed by atoms with Crippen LogP contribution in [0.1, 0.15) is 32.1 Å². The van der Waals surface area contributed by atoms with Gasteiger partial charge in [-0.05, 0) is 24.3 Å². The Morgan fingerprint density at radius 3 is 2.08 bits per heavy atom. The molecule has 0 spiro atoms. The van der Waals surface area contributed by atoms with E-state index in [1.54, 1.807) is 0 Å². The highest BCUT2D eigenvalue weighted by Crippen LogP contribution is 2.34. The summed E-state index contributed by atoms with van der Waals surface area (Å²) in [6.45, 7) is 1.04. The Morgan fingerprint density at radius 2 is 1.42 bits per heavy atom. The van der Waals surface area contributed by atoms with Crippen LogP contribution in [0.3, 0.4) is 0 Å². The van der Waals surface area contributed by atoms with Crippen LogP contribution in [0.25, 0.3) is 22.4 Å². The second-order valence-corrected chi connectivity index (χ2v) is 6.83. The highest BCUT2D eigenvalue weighted by Gasteiger charge is 2.19. The zero-order valence-corrected chi connectivity index (χ0v) is 14.1. The van der Waals surface area contributed by atoms with E-state index in [0.717, 1.165) is 12.5 Å². The van der Waals surface area contributed by atoms with Crippen LogP contribution in [0, 0.1) is 5.92 Å². The van der Waals surface area contributed by atoms with Crippen LogP contribution in [0.4, 0.5) is 0 Å². The minimum absolute atomic E-state index is 0.768. The molecule has 0 unspecified atom stereocenters. The van der Waals surface area contributed by atoms with Gasteiger partial charge in [-0.2, -0.15) is 5.10 Å². The first kappa shape index (κ1) is 15.2. The standard InChI is InChI=1S/C22H24N2/c1-4-10-18(11-5-1)17-24-22(20-14-8-3-9-15-20)21(16-23-24)19-12-6-2-7-13-19/h2-3,6-9,12-16,18H,1,4-5,10-11,17H2. The van der Waals surface area contributed by atoms with E-state index in [-0.39, 0.29) is 0 Å². The van der Waals surface area contributed by atoms with E-state index < -0.39 is 0 Å². The zero-order valence-electron chi connectivity index (χ0n) is 14.1. The van der Waals surface area contributed by atoms with E-state index in [0.29, 0.717) is 0 Å². The van der Waals surface area contributed by atoms with Gasteiger partial charge in [0.25, 0.3) is 0 Å². The van der Waals surface area contributed by atoms with Crippen LogP contribution in [0.2, 0.25) is 0 Å². The largest absolute Gasteiger partial charge is 0.264 e. The first-order chi connectivity index (χ1) is 11.9. The minimum Gasteiger partial charge on any atom is -0.264 e. The molecule has 4 rings (SSSR count). The van der Waals surface area contributed by atoms with E-state index in [9.17, 15) is 0 Å². The van der Waals surface area contributed by atoms with E-state index in [4.69, 9.17) is 5.10 Å². The number of hydrogen-bond acceptors (Lipinski definition) is 1. The van der Waals surface area contributed by atoms with Crippen molar-refractivity contribution in [3.63, 3.8) is 0 Å². The van der Waals surface area contributed by atoms with Gasteiger partial charge < -0.3 is 0 Å². The molecule has 1 heterocycles. The van der Waals surface area contributed by atoms with E-state index >= 15 is 0 Å². The molecule has 0 saturated heterocycles. The second kappa shape index (κ2) is 7.04. The number of benzene rings is 2. The molecule has 3 aromatic rings. The normalized spacial score (nSPS) is 15.5. The molecule has 1 aliphatic rings. The van der Waals surface area contributed by atoms with Crippen LogP contribution in [0.5, 0.6) is 0 Å². The summed E-state index contributed by atoms with van der Waals surface area (Å²) in [5, 5.41) is 4.78. The molecule has 1 fully saturated rings. The van der Waals surface area contributed by atoms with Gasteiger partial charge in [-0.15, -0.1) is 0 Å². The van der Waals surface area contributed by atoms with Gasteiger partial charge in [-0.1, -0.05) is 79.9 Å². The third-order valence-electron chi connectivity index (χ3n) is 5.13. The smallest absolute Gasteiger partial charge is 0.0760 e. The predicted molar refractivity (Wildman–Crippen MR) is 99.7 cm³/mol. The summed E-state index contributed by atoms with van der Waals surface area (Å²) >= 11 is 0. The summed E-state index contributed by atoms with van der Waals surface area (Å²) in [5.74, 6) is 0.768. The van der Waals surface area contributed by atoms with Crippen molar-refractivity contribution in [3.05, 3.63) is 66.9 Å². The maximum atomic E-state index is 4.78. The van der Waals surface area contributed by atoms with Crippen LogP contribution in [0.15, 0.2) is 66.9 Å². The molecule has 0 atom stereocenters. The molecule has 122 valence electrons. The number of aromatic nitrogens is 2. The Hall–Kier alpha value is -2.35. The topological polar surface area (TPSA) is 17.8 Å². The molecule has 1 aromatic heterocycles. The van der Waals surface area contributed by atoms with Gasteiger partial charge >= 0.3 is 0 Å². The van der Waals surface area contributed by atoms with E-state index in [2.05, 4.69) is 65.3 Å². The average Bonchev–Trinajstić information content (AvgIpc) is 3.07. The van der Waals surface area contributed by atoms with Crippen molar-refractivity contribution >= 4 is 0 Å². The Kier molecular flexibility index (Phi) is 4.46. The Labute approximate surface area is 144 Å². The van der Waals surface area contributed by atoms with Gasteiger partial charge in [0, 0.05) is 17.7 Å². The second-order valence-electron chi connectivity index (χ2n) is 6.83. The Morgan fingerprint density at radius 1 is 0.792 bits per heavy atom. The molecular formula is C22H24N2. The summed E-state index contributed by atoms with van der Waals surface area (Å²) < 4.78 is 2.24. The van der Waals surface area contributed by atoms with E-state index in [1.165, 1.54) is 54.5 Å². The van der Waals surface area contributed by atoms with Gasteiger partial charge in [0.2, 0.25) is 0 Å². The van der Waals surface area contributed by atoms with Gasteiger partial charge in [-0.25, -0.2) is 0 Å². The maximum Gasteiger partial charge on any atom is 0.0760 e. The number of rotatable bonds is 4. The summed E-state index contributed by atoms with van der Waals surface area (Å²) in [7, 11) is 0. The third kappa shape index (κ3) is 3.14. The molecule has 1 aliphatic carbocycles. The fourth-order valence-corrected chi connectivity index (χ4v) is 3.87. The summed E-state index contributed by atoms with van der Waals surface area (Å²) in [4.78, 5) is 0. The maximum absolute atomic E-state index is 4.78. The average molecular weight is 316 g/mol. The van der Waals surface area contributed by atoms with Crippen molar-refractivity contribution in [2.75, 3.05) is 0 Å². The first-order valence-electron chi connectivity index (χ1n) is 9.08. The lowest BCUT2D eigenvalue weighted by molar-refractivity contribution is 0.309. The van der Waals surface area contributed by atoms with Crippen molar-refractivity contribution in [1.82, 2.24) is 9.78 Å². The molecule has 0 N–H and O–H groups in total. The predicted octanol–water partition coefficient (Wildman–Crippen LogP) is 5.80. The lowest BCUT2D eigenvalue weighted by atomic mass is 9.89. The molecule has 1 saturated carbocycles. The van der Waals surface area contributed by atoms with Gasteiger partial charge in [0.15, 0.2) is 0 Å². The molecule has 0 aliphatic heterocycles. The number of hydrogen-bond donors (Lipinski definition) is 0. The van der Waals surface area contributed by atoms with E-state index in [1.807, 2.05) is 6.20 Å². The highest BCUT2D eigenvalue weighted by atomic mass is 15.3. The van der Waals surface area contributed by atoms with Gasteiger partial charge in [0.1, 0.15) is 0 Å². The first-order valence-corrected chi connectivity index (χ1v) is 9.08. The fraction of sp³-hybridized carbons (Fsp3) is 0.318. The van der Waals surface area contributed by atoms with Crippen LogP contribution in [-0.2, 0) is 6.54 Å². The summed E-state index contributed by atoms with van der Waals surface area (Å²) in [6, 6.07) is 21.3. The lowest BCUT2D eigenvalue weighted by Crippen LogP contribution is -2.15. The molecule has 2 aromatic carbocycles. The van der Waals surface area contributed by atoms with Crippen molar-refractivity contribution in [2.24, 2.45) is 5.92 Å². The summed E-state index contributed by atoms with van der Waals surface area (Å²) in [6.07, 6.45) is 8.87.